The molecule has 0 spiro atoms. The highest BCUT2D eigenvalue weighted by molar-refractivity contribution is 6.20. The van der Waals surface area contributed by atoms with Gasteiger partial charge in [-0.2, -0.15) is 0 Å². The fourth-order valence-electron chi connectivity index (χ4n) is 3.50. The van der Waals surface area contributed by atoms with Gasteiger partial charge in [-0.15, -0.1) is 0 Å². The molecule has 0 bridgehead atoms. The van der Waals surface area contributed by atoms with E-state index in [0.717, 1.165) is 0 Å². The number of amides is 1. The Labute approximate surface area is 171 Å². The summed E-state index contributed by atoms with van der Waals surface area (Å²) in [5.41, 5.74) is 0.256. The third-order valence-electron chi connectivity index (χ3n) is 4.79. The van der Waals surface area contributed by atoms with E-state index in [0.29, 0.717) is 22.8 Å². The van der Waals surface area contributed by atoms with Crippen molar-refractivity contribution in [2.75, 3.05) is 19.1 Å². The number of aliphatic hydroxyl groups is 1. The minimum atomic E-state index is -1.05. The zero-order chi connectivity index (χ0) is 21.4. The van der Waals surface area contributed by atoms with Crippen LogP contribution in [0.15, 0.2) is 62.9 Å². The predicted octanol–water partition coefficient (Wildman–Crippen LogP) is 3.38. The van der Waals surface area contributed by atoms with E-state index < -0.39 is 23.5 Å². The van der Waals surface area contributed by atoms with Crippen molar-refractivity contribution in [3.63, 3.8) is 0 Å². The number of nitrogens with zero attached hydrogens (tertiary/aromatic N) is 2. The molecule has 30 heavy (non-hydrogen) atoms. The quantitative estimate of drug-likeness (QED) is 0.615. The molecular weight excluding hydrogens is 392 g/mol. The molecule has 154 valence electrons. The number of carbonyl (C=O) groups excluding carboxylic acids is 2. The van der Waals surface area contributed by atoms with Crippen LogP contribution < -0.4 is 14.4 Å². The lowest BCUT2D eigenvalue weighted by atomic mass is 9.94. The van der Waals surface area contributed by atoms with Gasteiger partial charge in [0, 0.05) is 11.6 Å². The highest BCUT2D eigenvalue weighted by Crippen LogP contribution is 2.46. The molecule has 0 unspecified atom stereocenters. The lowest BCUT2D eigenvalue weighted by Gasteiger charge is -2.26. The zero-order valence-corrected chi connectivity index (χ0v) is 16.4. The van der Waals surface area contributed by atoms with Gasteiger partial charge < -0.3 is 23.5 Å². The summed E-state index contributed by atoms with van der Waals surface area (Å²) in [7, 11) is 2.92. The smallest absolute Gasteiger partial charge is 0.295 e. The van der Waals surface area contributed by atoms with E-state index in [1.807, 2.05) is 0 Å². The molecule has 3 heterocycles. The highest BCUT2D eigenvalue weighted by atomic mass is 16.5. The Hall–Kier alpha value is -4.01. The first-order valence-electron chi connectivity index (χ1n) is 8.97. The number of anilines is 1. The summed E-state index contributed by atoms with van der Waals surface area (Å²) in [6, 6.07) is 8.53. The molecule has 1 atom stereocenters. The minimum Gasteiger partial charge on any atom is -0.503 e. The summed E-state index contributed by atoms with van der Waals surface area (Å²) in [6.07, 6.45) is 1.33. The molecule has 4 rings (SSSR count). The predicted molar refractivity (Wildman–Crippen MR) is 104 cm³/mol. The maximum Gasteiger partial charge on any atom is 0.295 e. The first kappa shape index (κ1) is 19.3. The number of furan rings is 1. The van der Waals surface area contributed by atoms with Gasteiger partial charge in [-0.3, -0.25) is 14.5 Å². The zero-order valence-electron chi connectivity index (χ0n) is 16.4. The monoisotopic (exact) mass is 410 g/mol. The van der Waals surface area contributed by atoms with Crippen LogP contribution in [0.25, 0.3) is 0 Å². The molecule has 0 fully saturated rings. The Morgan fingerprint density at radius 2 is 2.00 bits per heavy atom. The molecule has 1 aliphatic heterocycles. The van der Waals surface area contributed by atoms with Gasteiger partial charge in [-0.05, 0) is 25.1 Å². The van der Waals surface area contributed by atoms with E-state index in [1.54, 1.807) is 31.2 Å². The number of para-hydroxylation sites is 1. The molecule has 0 saturated carbocycles. The van der Waals surface area contributed by atoms with Crippen LogP contribution in [0.2, 0.25) is 0 Å². The third kappa shape index (κ3) is 2.91. The minimum absolute atomic E-state index is 0.0191. The number of carbonyl (C=O) groups is 2. The van der Waals surface area contributed by atoms with Crippen LogP contribution in [-0.2, 0) is 4.79 Å². The second kappa shape index (κ2) is 7.43. The van der Waals surface area contributed by atoms with E-state index in [9.17, 15) is 14.7 Å². The Morgan fingerprint density at radius 3 is 2.60 bits per heavy atom. The summed E-state index contributed by atoms with van der Waals surface area (Å²) in [6.45, 7) is 1.67. The summed E-state index contributed by atoms with van der Waals surface area (Å²) < 4.78 is 21.2. The number of ether oxygens (including phenoxy) is 2. The Kier molecular flexibility index (Phi) is 4.78. The van der Waals surface area contributed by atoms with Gasteiger partial charge in [0.2, 0.25) is 5.78 Å². The number of aromatic nitrogens is 1. The molecule has 9 nitrogen and oxygen atoms in total. The van der Waals surface area contributed by atoms with E-state index in [-0.39, 0.29) is 17.2 Å². The maximum atomic E-state index is 13.2. The molecule has 2 aromatic heterocycles. The second-order valence-corrected chi connectivity index (χ2v) is 6.52. The van der Waals surface area contributed by atoms with Crippen molar-refractivity contribution in [1.82, 2.24) is 5.16 Å². The number of Topliss-reactive ketones (excluding diaryl/α,β-unsaturated/α-hetero) is 1. The van der Waals surface area contributed by atoms with Gasteiger partial charge in [0.15, 0.2) is 28.8 Å². The second-order valence-electron chi connectivity index (χ2n) is 6.52. The van der Waals surface area contributed by atoms with E-state index in [2.05, 4.69) is 5.16 Å². The first-order chi connectivity index (χ1) is 14.5. The summed E-state index contributed by atoms with van der Waals surface area (Å²) in [5, 5.41) is 14.6. The molecule has 1 amide bonds. The molecular formula is C21H18N2O7. The van der Waals surface area contributed by atoms with E-state index >= 15 is 0 Å². The Bertz CT molecular complexity index is 1140. The van der Waals surface area contributed by atoms with Crippen LogP contribution in [-0.4, -0.2) is 36.2 Å². The van der Waals surface area contributed by atoms with Gasteiger partial charge >= 0.3 is 0 Å². The SMILES string of the molecule is COc1cccc([C@H]2C(C(=O)c3ccco3)=C(O)C(=O)N2c2cc(C)on2)c1OC. The molecule has 0 radical (unpaired) electrons. The summed E-state index contributed by atoms with van der Waals surface area (Å²) in [4.78, 5) is 27.4. The maximum absolute atomic E-state index is 13.2. The third-order valence-corrected chi connectivity index (χ3v) is 4.79. The van der Waals surface area contributed by atoms with Crippen molar-refractivity contribution in [3.05, 3.63) is 71.1 Å². The van der Waals surface area contributed by atoms with Crippen LogP contribution in [0, 0.1) is 6.92 Å². The normalized spacial score (nSPS) is 16.3. The molecule has 1 N–H and O–H groups in total. The topological polar surface area (TPSA) is 115 Å². The number of ketones is 1. The molecule has 0 saturated heterocycles. The van der Waals surface area contributed by atoms with Gasteiger partial charge in [0.05, 0.1) is 26.1 Å². The van der Waals surface area contributed by atoms with Gasteiger partial charge in [0.1, 0.15) is 11.8 Å². The number of hydrogen-bond donors (Lipinski definition) is 1. The molecule has 1 aromatic carbocycles. The lowest BCUT2D eigenvalue weighted by molar-refractivity contribution is -0.117. The largest absolute Gasteiger partial charge is 0.503 e. The van der Waals surface area contributed by atoms with Crippen molar-refractivity contribution in [3.8, 4) is 11.5 Å². The molecule has 1 aliphatic rings. The van der Waals surface area contributed by atoms with Crippen molar-refractivity contribution in [1.29, 1.82) is 0 Å². The summed E-state index contributed by atoms with van der Waals surface area (Å²) >= 11 is 0. The lowest BCUT2D eigenvalue weighted by Crippen LogP contribution is -2.31. The van der Waals surface area contributed by atoms with Crippen LogP contribution >= 0.6 is 0 Å². The first-order valence-corrected chi connectivity index (χ1v) is 8.97. The highest BCUT2D eigenvalue weighted by Gasteiger charge is 2.47. The molecule has 0 aliphatic carbocycles. The van der Waals surface area contributed by atoms with Gasteiger partial charge in [-0.1, -0.05) is 17.3 Å². The standard InChI is InChI=1S/C21H18N2O7/c1-11-10-15(22-30-11)23-17(12-6-4-7-14(27-2)20(12)28-3)16(19(25)21(23)26)18(24)13-8-5-9-29-13/h4-10,17,25H,1-3H3/t17-/m0/s1. The van der Waals surface area contributed by atoms with Gasteiger partial charge in [-0.25, -0.2) is 0 Å². The summed E-state index contributed by atoms with van der Waals surface area (Å²) in [5.74, 6) is -0.851. The number of hydrogen-bond acceptors (Lipinski definition) is 8. The average Bonchev–Trinajstić information content (AvgIpc) is 3.48. The number of rotatable bonds is 6. The van der Waals surface area contributed by atoms with Crippen LogP contribution in [0.5, 0.6) is 11.5 Å². The van der Waals surface area contributed by atoms with Crippen molar-refractivity contribution in [2.45, 2.75) is 13.0 Å². The number of benzene rings is 1. The van der Waals surface area contributed by atoms with Gasteiger partial charge in [0.25, 0.3) is 5.91 Å². The van der Waals surface area contributed by atoms with Crippen molar-refractivity contribution >= 4 is 17.5 Å². The fourth-order valence-corrected chi connectivity index (χ4v) is 3.50. The molecule has 3 aromatic rings. The molecule has 9 heteroatoms. The van der Waals surface area contributed by atoms with E-state index in [4.69, 9.17) is 18.4 Å². The van der Waals surface area contributed by atoms with Crippen molar-refractivity contribution in [2.24, 2.45) is 0 Å². The number of methoxy groups -OCH3 is 2. The van der Waals surface area contributed by atoms with Crippen LogP contribution in [0.4, 0.5) is 5.82 Å². The van der Waals surface area contributed by atoms with Crippen LogP contribution in [0.1, 0.15) is 27.9 Å². The fraction of sp³-hybridized carbons (Fsp3) is 0.190. The van der Waals surface area contributed by atoms with Crippen molar-refractivity contribution < 1.29 is 33.1 Å². The van der Waals surface area contributed by atoms with Crippen LogP contribution in [0.3, 0.4) is 0 Å². The average molecular weight is 410 g/mol. The van der Waals surface area contributed by atoms with E-state index in [1.165, 1.54) is 37.5 Å². The number of aryl methyl sites for hydroxylation is 1. The Morgan fingerprint density at radius 1 is 1.20 bits per heavy atom. The Balaban J connectivity index is 1.95. The number of aliphatic hydroxyl groups excluding tert-OH is 1.